The van der Waals surface area contributed by atoms with Crippen LogP contribution in [0.25, 0.3) is 0 Å². The average molecular weight is 346 g/mol. The molecular weight excluding hydrogens is 335 g/mol. The largest absolute Gasteiger partial charge is 0.455 e. The SMILES string of the molecule is Cc1ccc(Cl)c(Oc2cc(Br)ccc2CCl)c1. The Morgan fingerprint density at radius 1 is 1.11 bits per heavy atom. The molecule has 0 atom stereocenters. The van der Waals surface area contributed by atoms with Gasteiger partial charge in [-0.25, -0.2) is 0 Å². The van der Waals surface area contributed by atoms with Crippen molar-refractivity contribution in [2.45, 2.75) is 12.8 Å². The van der Waals surface area contributed by atoms with E-state index in [0.717, 1.165) is 15.6 Å². The highest BCUT2D eigenvalue weighted by atomic mass is 79.9. The van der Waals surface area contributed by atoms with Crippen LogP contribution in [0.2, 0.25) is 5.02 Å². The molecule has 2 rings (SSSR count). The Kier molecular flexibility index (Phi) is 4.55. The second-order valence-electron chi connectivity index (χ2n) is 3.92. The molecule has 2 aromatic carbocycles. The molecule has 0 aliphatic rings. The van der Waals surface area contributed by atoms with Gasteiger partial charge in [0.05, 0.1) is 10.9 Å². The first-order valence-corrected chi connectivity index (χ1v) is 7.09. The maximum absolute atomic E-state index is 6.11. The number of hydrogen-bond donors (Lipinski definition) is 0. The van der Waals surface area contributed by atoms with Crippen molar-refractivity contribution in [2.75, 3.05) is 0 Å². The lowest BCUT2D eigenvalue weighted by atomic mass is 10.2. The molecule has 0 aliphatic heterocycles. The number of ether oxygens (including phenoxy) is 1. The summed E-state index contributed by atoms with van der Waals surface area (Å²) in [7, 11) is 0. The summed E-state index contributed by atoms with van der Waals surface area (Å²) in [4.78, 5) is 0. The van der Waals surface area contributed by atoms with E-state index in [9.17, 15) is 0 Å². The Balaban J connectivity index is 2.38. The second kappa shape index (κ2) is 5.96. The first-order chi connectivity index (χ1) is 8.60. The number of hydrogen-bond acceptors (Lipinski definition) is 1. The fraction of sp³-hybridized carbons (Fsp3) is 0.143. The molecule has 94 valence electrons. The quantitative estimate of drug-likeness (QED) is 0.625. The van der Waals surface area contributed by atoms with E-state index in [1.54, 1.807) is 0 Å². The molecule has 0 amide bonds. The van der Waals surface area contributed by atoms with Gasteiger partial charge in [-0.15, -0.1) is 11.6 Å². The van der Waals surface area contributed by atoms with Gasteiger partial charge in [-0.2, -0.15) is 0 Å². The number of halogens is 3. The minimum absolute atomic E-state index is 0.395. The third-order valence-electron chi connectivity index (χ3n) is 2.48. The third kappa shape index (κ3) is 3.19. The Hall–Kier alpha value is -0.700. The zero-order valence-electron chi connectivity index (χ0n) is 9.71. The van der Waals surface area contributed by atoms with Gasteiger partial charge >= 0.3 is 0 Å². The van der Waals surface area contributed by atoms with Crippen LogP contribution in [0.1, 0.15) is 11.1 Å². The highest BCUT2D eigenvalue weighted by molar-refractivity contribution is 9.10. The fourth-order valence-corrected chi connectivity index (χ4v) is 2.26. The summed E-state index contributed by atoms with van der Waals surface area (Å²) in [5.74, 6) is 1.75. The fourth-order valence-electron chi connectivity index (χ4n) is 1.54. The second-order valence-corrected chi connectivity index (χ2v) is 5.51. The zero-order chi connectivity index (χ0) is 13.1. The smallest absolute Gasteiger partial charge is 0.146 e. The highest BCUT2D eigenvalue weighted by Gasteiger charge is 2.08. The lowest BCUT2D eigenvalue weighted by molar-refractivity contribution is 0.478. The summed E-state index contributed by atoms with van der Waals surface area (Å²) in [5, 5.41) is 0.584. The maximum atomic E-state index is 6.11. The Morgan fingerprint density at radius 3 is 2.61 bits per heavy atom. The van der Waals surface area contributed by atoms with Gasteiger partial charge < -0.3 is 4.74 Å². The van der Waals surface area contributed by atoms with Crippen molar-refractivity contribution in [1.29, 1.82) is 0 Å². The molecule has 0 unspecified atom stereocenters. The van der Waals surface area contributed by atoms with Crippen LogP contribution in [0.5, 0.6) is 11.5 Å². The Labute approximate surface area is 125 Å². The molecule has 18 heavy (non-hydrogen) atoms. The predicted molar refractivity (Wildman–Crippen MR) is 80.0 cm³/mol. The molecule has 1 nitrogen and oxygen atoms in total. The van der Waals surface area contributed by atoms with Gasteiger partial charge in [0, 0.05) is 10.0 Å². The molecule has 0 heterocycles. The van der Waals surface area contributed by atoms with Gasteiger partial charge in [0.1, 0.15) is 11.5 Å². The van der Waals surface area contributed by atoms with Gasteiger partial charge in [-0.05, 0) is 36.8 Å². The minimum Gasteiger partial charge on any atom is -0.455 e. The van der Waals surface area contributed by atoms with E-state index >= 15 is 0 Å². The first-order valence-electron chi connectivity index (χ1n) is 5.38. The van der Waals surface area contributed by atoms with Crippen molar-refractivity contribution in [1.82, 2.24) is 0 Å². The van der Waals surface area contributed by atoms with Crippen LogP contribution in [-0.2, 0) is 5.88 Å². The summed E-state index contributed by atoms with van der Waals surface area (Å²) in [6, 6.07) is 11.4. The van der Waals surface area contributed by atoms with E-state index in [2.05, 4.69) is 15.9 Å². The van der Waals surface area contributed by atoms with Crippen molar-refractivity contribution >= 4 is 39.1 Å². The van der Waals surface area contributed by atoms with Crippen molar-refractivity contribution in [3.8, 4) is 11.5 Å². The molecule has 4 heteroatoms. The lowest BCUT2D eigenvalue weighted by Gasteiger charge is -2.12. The summed E-state index contributed by atoms with van der Waals surface area (Å²) >= 11 is 15.4. The zero-order valence-corrected chi connectivity index (χ0v) is 12.8. The molecule has 0 saturated heterocycles. The molecule has 0 spiro atoms. The predicted octanol–water partition coefficient (Wildman–Crippen LogP) is 5.94. The van der Waals surface area contributed by atoms with Gasteiger partial charge in [-0.1, -0.05) is 39.7 Å². The van der Waals surface area contributed by atoms with Gasteiger partial charge in [0.25, 0.3) is 0 Å². The molecule has 2 aromatic rings. The molecule has 0 aliphatic carbocycles. The van der Waals surface area contributed by atoms with E-state index in [-0.39, 0.29) is 0 Å². The molecule has 0 saturated carbocycles. The highest BCUT2D eigenvalue weighted by Crippen LogP contribution is 2.34. The summed E-state index contributed by atoms with van der Waals surface area (Å²) < 4.78 is 6.79. The van der Waals surface area contributed by atoms with Gasteiger partial charge in [-0.3, -0.25) is 0 Å². The van der Waals surface area contributed by atoms with Crippen molar-refractivity contribution in [3.05, 3.63) is 57.0 Å². The molecule has 0 radical (unpaired) electrons. The normalized spacial score (nSPS) is 10.4. The Bertz CT molecular complexity index is 570. The van der Waals surface area contributed by atoms with Crippen LogP contribution in [0.4, 0.5) is 0 Å². The van der Waals surface area contributed by atoms with Crippen LogP contribution in [0.3, 0.4) is 0 Å². The number of alkyl halides is 1. The van der Waals surface area contributed by atoms with Crippen LogP contribution in [-0.4, -0.2) is 0 Å². The number of aryl methyl sites for hydroxylation is 1. The standard InChI is InChI=1S/C14H11BrCl2O/c1-9-2-5-12(17)14(6-9)18-13-7-11(15)4-3-10(13)8-16/h2-7H,8H2,1H3. The van der Waals surface area contributed by atoms with Crippen LogP contribution >= 0.6 is 39.1 Å². The van der Waals surface area contributed by atoms with Crippen LogP contribution < -0.4 is 4.74 Å². The summed E-state index contributed by atoms with van der Waals surface area (Å²) in [5.41, 5.74) is 2.02. The van der Waals surface area contributed by atoms with E-state index in [0.29, 0.717) is 22.4 Å². The van der Waals surface area contributed by atoms with Crippen molar-refractivity contribution < 1.29 is 4.74 Å². The van der Waals surface area contributed by atoms with Crippen molar-refractivity contribution in [2.24, 2.45) is 0 Å². The maximum Gasteiger partial charge on any atom is 0.146 e. The number of benzene rings is 2. The van der Waals surface area contributed by atoms with Gasteiger partial charge in [0.2, 0.25) is 0 Å². The Morgan fingerprint density at radius 2 is 1.89 bits per heavy atom. The molecule has 0 N–H and O–H groups in total. The van der Waals surface area contributed by atoms with E-state index in [4.69, 9.17) is 27.9 Å². The molecule has 0 bridgehead atoms. The minimum atomic E-state index is 0.395. The van der Waals surface area contributed by atoms with E-state index < -0.39 is 0 Å². The molecular formula is C14H11BrCl2O. The average Bonchev–Trinajstić information content (AvgIpc) is 2.34. The molecule has 0 aromatic heterocycles. The topological polar surface area (TPSA) is 9.23 Å². The van der Waals surface area contributed by atoms with Crippen LogP contribution in [0, 0.1) is 6.92 Å². The summed E-state index contributed by atoms with van der Waals surface area (Å²) in [6.07, 6.45) is 0. The van der Waals surface area contributed by atoms with E-state index in [1.165, 1.54) is 0 Å². The van der Waals surface area contributed by atoms with E-state index in [1.807, 2.05) is 43.3 Å². The molecule has 0 fully saturated rings. The third-order valence-corrected chi connectivity index (χ3v) is 3.57. The first kappa shape index (κ1) is 13.7. The lowest BCUT2D eigenvalue weighted by Crippen LogP contribution is -1.91. The van der Waals surface area contributed by atoms with Crippen LogP contribution in [0.15, 0.2) is 40.9 Å². The van der Waals surface area contributed by atoms with Crippen molar-refractivity contribution in [3.63, 3.8) is 0 Å². The summed E-state index contributed by atoms with van der Waals surface area (Å²) in [6.45, 7) is 1.99. The van der Waals surface area contributed by atoms with Gasteiger partial charge in [0.15, 0.2) is 0 Å². The monoisotopic (exact) mass is 344 g/mol. The number of rotatable bonds is 3.